The van der Waals surface area contributed by atoms with Gasteiger partial charge in [-0.3, -0.25) is 0 Å². The summed E-state index contributed by atoms with van der Waals surface area (Å²) in [6.45, 7) is 0.780. The quantitative estimate of drug-likeness (QED) is 0.605. The van der Waals surface area contributed by atoms with Gasteiger partial charge in [-0.25, -0.2) is 0 Å². The highest BCUT2D eigenvalue weighted by atomic mass is 15.3. The van der Waals surface area contributed by atoms with Gasteiger partial charge in [0.2, 0.25) is 0 Å². The van der Waals surface area contributed by atoms with Gasteiger partial charge in [0.25, 0.3) is 0 Å². The van der Waals surface area contributed by atoms with Crippen LogP contribution in [0.5, 0.6) is 0 Å². The first-order chi connectivity index (χ1) is 8.95. The molecule has 0 bridgehead atoms. The summed E-state index contributed by atoms with van der Waals surface area (Å²) < 4.78 is 0. The van der Waals surface area contributed by atoms with E-state index in [0.29, 0.717) is 0 Å². The van der Waals surface area contributed by atoms with E-state index >= 15 is 0 Å². The third kappa shape index (κ3) is 4.42. The van der Waals surface area contributed by atoms with Crippen molar-refractivity contribution in [3.8, 4) is 0 Å². The van der Waals surface area contributed by atoms with Crippen LogP contribution in [0, 0.1) is 0 Å². The van der Waals surface area contributed by atoms with Crippen molar-refractivity contribution in [3.63, 3.8) is 0 Å². The van der Waals surface area contributed by atoms with Gasteiger partial charge in [0.1, 0.15) is 0 Å². The number of nitrogens with zero attached hydrogens (tertiary/aromatic N) is 1. The predicted molar refractivity (Wildman–Crippen MR) is 76.5 cm³/mol. The van der Waals surface area contributed by atoms with Crippen LogP contribution in [-0.4, -0.2) is 6.21 Å². The van der Waals surface area contributed by atoms with Gasteiger partial charge in [-0.1, -0.05) is 60.7 Å². The van der Waals surface area contributed by atoms with E-state index in [4.69, 9.17) is 0 Å². The monoisotopic (exact) mass is 238 g/mol. The van der Waals surface area contributed by atoms with Crippen LogP contribution < -0.4 is 5.43 Å². The minimum atomic E-state index is 0.780. The third-order valence-corrected chi connectivity index (χ3v) is 2.71. The van der Waals surface area contributed by atoms with Gasteiger partial charge < -0.3 is 5.43 Å². The molecule has 2 aromatic carbocycles. The first kappa shape index (κ1) is 12.4. The Morgan fingerprint density at radius 2 is 1.44 bits per heavy atom. The van der Waals surface area contributed by atoms with Crippen molar-refractivity contribution >= 4 is 6.21 Å². The summed E-state index contributed by atoms with van der Waals surface area (Å²) in [7, 11) is 0. The van der Waals surface area contributed by atoms with E-state index in [1.807, 2.05) is 30.5 Å². The number of rotatable bonds is 6. The maximum absolute atomic E-state index is 4.21. The Balaban J connectivity index is 1.64. The second-order valence-electron chi connectivity index (χ2n) is 4.16. The standard InChI is InChI=1S/C16H18N2/c1-3-8-15(9-4-1)12-7-13-17-18-14-16-10-5-2-6-11-16/h1-6,8-11,13,18H,7,12,14H2. The second kappa shape index (κ2) is 7.28. The van der Waals surface area contributed by atoms with Crippen LogP contribution in [0.2, 0.25) is 0 Å². The molecule has 18 heavy (non-hydrogen) atoms. The van der Waals surface area contributed by atoms with Crippen molar-refractivity contribution in [2.24, 2.45) is 5.10 Å². The van der Waals surface area contributed by atoms with Gasteiger partial charge in [0, 0.05) is 6.21 Å². The molecule has 0 saturated heterocycles. The van der Waals surface area contributed by atoms with Gasteiger partial charge in [-0.2, -0.15) is 5.10 Å². The molecule has 0 unspecified atom stereocenters. The highest BCUT2D eigenvalue weighted by Gasteiger charge is 1.89. The lowest BCUT2D eigenvalue weighted by Crippen LogP contribution is -2.05. The molecule has 0 saturated carbocycles. The molecule has 0 atom stereocenters. The van der Waals surface area contributed by atoms with Crippen LogP contribution in [0.25, 0.3) is 0 Å². The zero-order chi connectivity index (χ0) is 12.5. The fourth-order valence-corrected chi connectivity index (χ4v) is 1.74. The Morgan fingerprint density at radius 3 is 2.11 bits per heavy atom. The topological polar surface area (TPSA) is 24.4 Å². The molecule has 0 aromatic heterocycles. The molecule has 0 spiro atoms. The summed E-state index contributed by atoms with van der Waals surface area (Å²) in [4.78, 5) is 0. The largest absolute Gasteiger partial charge is 0.306 e. The van der Waals surface area contributed by atoms with E-state index in [9.17, 15) is 0 Å². The number of hydrogen-bond donors (Lipinski definition) is 1. The van der Waals surface area contributed by atoms with Gasteiger partial charge in [0.15, 0.2) is 0 Å². The summed E-state index contributed by atoms with van der Waals surface area (Å²) in [5.41, 5.74) is 5.66. The van der Waals surface area contributed by atoms with Gasteiger partial charge in [-0.05, 0) is 24.0 Å². The number of hydrazone groups is 1. The zero-order valence-electron chi connectivity index (χ0n) is 10.4. The number of hydrogen-bond acceptors (Lipinski definition) is 2. The second-order valence-corrected chi connectivity index (χ2v) is 4.16. The smallest absolute Gasteiger partial charge is 0.0579 e. The minimum absolute atomic E-state index is 0.780. The lowest BCUT2D eigenvalue weighted by molar-refractivity contribution is 0.744. The van der Waals surface area contributed by atoms with Crippen LogP contribution in [0.1, 0.15) is 17.5 Å². The van der Waals surface area contributed by atoms with Crippen LogP contribution in [0.15, 0.2) is 65.8 Å². The van der Waals surface area contributed by atoms with Crippen molar-refractivity contribution in [2.75, 3.05) is 0 Å². The highest BCUT2D eigenvalue weighted by molar-refractivity contribution is 5.57. The molecule has 0 heterocycles. The van der Waals surface area contributed by atoms with Gasteiger partial charge in [0.05, 0.1) is 6.54 Å². The summed E-state index contributed by atoms with van der Waals surface area (Å²) >= 11 is 0. The highest BCUT2D eigenvalue weighted by Crippen LogP contribution is 2.01. The van der Waals surface area contributed by atoms with E-state index in [1.165, 1.54) is 11.1 Å². The Morgan fingerprint density at radius 1 is 0.833 bits per heavy atom. The van der Waals surface area contributed by atoms with E-state index in [1.54, 1.807) is 0 Å². The number of nitrogens with one attached hydrogen (secondary N) is 1. The average molecular weight is 238 g/mol. The normalized spacial score (nSPS) is 10.7. The first-order valence-corrected chi connectivity index (χ1v) is 6.27. The van der Waals surface area contributed by atoms with E-state index in [2.05, 4.69) is 46.9 Å². The fourth-order valence-electron chi connectivity index (χ4n) is 1.74. The lowest BCUT2D eigenvalue weighted by Gasteiger charge is -2.00. The molecule has 2 nitrogen and oxygen atoms in total. The van der Waals surface area contributed by atoms with Crippen molar-refractivity contribution in [1.82, 2.24) is 5.43 Å². The first-order valence-electron chi connectivity index (χ1n) is 6.27. The molecule has 0 amide bonds. The SMILES string of the molecule is C(CCc1ccccc1)=NNCc1ccccc1. The molecule has 2 rings (SSSR count). The molecule has 0 aliphatic rings. The third-order valence-electron chi connectivity index (χ3n) is 2.71. The Bertz CT molecular complexity index is 417. The predicted octanol–water partition coefficient (Wildman–Crippen LogP) is 3.39. The van der Waals surface area contributed by atoms with Crippen molar-refractivity contribution in [1.29, 1.82) is 0 Å². The molecule has 2 heteroatoms. The molecule has 0 fully saturated rings. The lowest BCUT2D eigenvalue weighted by atomic mass is 10.1. The molecule has 0 aliphatic carbocycles. The zero-order valence-corrected chi connectivity index (χ0v) is 10.4. The molecule has 0 aliphatic heterocycles. The Labute approximate surface area is 108 Å². The number of benzene rings is 2. The Kier molecular flexibility index (Phi) is 5.00. The summed E-state index contributed by atoms with van der Waals surface area (Å²) in [5, 5.41) is 4.21. The van der Waals surface area contributed by atoms with E-state index in [-0.39, 0.29) is 0 Å². The Hall–Kier alpha value is -2.09. The summed E-state index contributed by atoms with van der Waals surface area (Å²) in [6.07, 6.45) is 3.94. The fraction of sp³-hybridized carbons (Fsp3) is 0.188. The molecule has 92 valence electrons. The van der Waals surface area contributed by atoms with Crippen LogP contribution in [0.3, 0.4) is 0 Å². The van der Waals surface area contributed by atoms with Crippen molar-refractivity contribution in [2.45, 2.75) is 19.4 Å². The molecular formula is C16H18N2. The van der Waals surface area contributed by atoms with Gasteiger partial charge in [-0.15, -0.1) is 0 Å². The van der Waals surface area contributed by atoms with Gasteiger partial charge >= 0.3 is 0 Å². The molecule has 2 aromatic rings. The molecular weight excluding hydrogens is 220 g/mol. The van der Waals surface area contributed by atoms with Crippen LogP contribution in [0.4, 0.5) is 0 Å². The summed E-state index contributed by atoms with van der Waals surface area (Å²) in [5.74, 6) is 0. The van der Waals surface area contributed by atoms with Crippen LogP contribution >= 0.6 is 0 Å². The molecule has 1 N–H and O–H groups in total. The molecule has 0 radical (unpaired) electrons. The average Bonchev–Trinajstić information content (AvgIpc) is 2.45. The van der Waals surface area contributed by atoms with E-state index < -0.39 is 0 Å². The van der Waals surface area contributed by atoms with E-state index in [0.717, 1.165) is 19.4 Å². The van der Waals surface area contributed by atoms with Crippen molar-refractivity contribution in [3.05, 3.63) is 71.8 Å². The summed E-state index contributed by atoms with van der Waals surface area (Å²) in [6, 6.07) is 20.7. The number of aryl methyl sites for hydroxylation is 1. The van der Waals surface area contributed by atoms with Crippen molar-refractivity contribution < 1.29 is 0 Å². The minimum Gasteiger partial charge on any atom is -0.306 e. The maximum atomic E-state index is 4.21. The maximum Gasteiger partial charge on any atom is 0.0579 e. The van der Waals surface area contributed by atoms with Crippen LogP contribution in [-0.2, 0) is 13.0 Å².